The van der Waals surface area contributed by atoms with E-state index in [2.05, 4.69) is 5.32 Å². The number of amides is 2. The number of rotatable bonds is 6. The average Bonchev–Trinajstić information content (AvgIpc) is 2.76. The Labute approximate surface area is 180 Å². The van der Waals surface area contributed by atoms with E-state index >= 15 is 0 Å². The van der Waals surface area contributed by atoms with Gasteiger partial charge in [0.25, 0.3) is 5.91 Å². The molecule has 6 heteroatoms. The first-order valence-electron chi connectivity index (χ1n) is 9.74. The summed E-state index contributed by atoms with van der Waals surface area (Å²) in [4.78, 5) is 26.6. The molecule has 152 valence electrons. The molecule has 0 bridgehead atoms. The van der Waals surface area contributed by atoms with E-state index in [-0.39, 0.29) is 18.4 Å². The van der Waals surface area contributed by atoms with Crippen LogP contribution in [0.25, 0.3) is 0 Å². The average molecular weight is 421 g/mol. The van der Waals surface area contributed by atoms with Gasteiger partial charge in [0.1, 0.15) is 5.75 Å². The third-order valence-corrected chi connectivity index (χ3v) is 5.18. The first kappa shape index (κ1) is 20.0. The van der Waals surface area contributed by atoms with Crippen LogP contribution in [-0.4, -0.2) is 18.4 Å². The Balaban J connectivity index is 1.47. The number of carbonyl (C=O) groups is 2. The number of hydrogen-bond donors (Lipinski definition) is 1. The van der Waals surface area contributed by atoms with Gasteiger partial charge in [-0.2, -0.15) is 0 Å². The summed E-state index contributed by atoms with van der Waals surface area (Å²) in [5, 5.41) is 3.57. The summed E-state index contributed by atoms with van der Waals surface area (Å²) in [7, 11) is 0. The van der Waals surface area contributed by atoms with Crippen LogP contribution in [0.5, 0.6) is 5.75 Å². The zero-order valence-corrected chi connectivity index (χ0v) is 17.1. The maximum absolute atomic E-state index is 12.5. The Kier molecular flexibility index (Phi) is 6.00. The van der Waals surface area contributed by atoms with Crippen LogP contribution in [0.3, 0.4) is 0 Å². The number of fused-ring (bicyclic) bond motifs is 1. The van der Waals surface area contributed by atoms with Crippen molar-refractivity contribution in [1.82, 2.24) is 0 Å². The Morgan fingerprint density at radius 3 is 2.53 bits per heavy atom. The summed E-state index contributed by atoms with van der Waals surface area (Å²) in [5.74, 6) is 0.405. The first-order chi connectivity index (χ1) is 14.6. The quantitative estimate of drug-likeness (QED) is 0.621. The molecule has 5 nitrogen and oxygen atoms in total. The number of hydrogen-bond acceptors (Lipinski definition) is 3. The van der Waals surface area contributed by atoms with Gasteiger partial charge in [0.05, 0.1) is 12.2 Å². The molecule has 0 atom stereocenters. The highest BCUT2D eigenvalue weighted by molar-refractivity contribution is 6.30. The molecule has 0 fully saturated rings. The van der Waals surface area contributed by atoms with Crippen molar-refractivity contribution in [1.29, 1.82) is 0 Å². The van der Waals surface area contributed by atoms with Gasteiger partial charge in [0, 0.05) is 17.1 Å². The molecule has 0 aromatic heterocycles. The molecule has 0 spiro atoms. The highest BCUT2D eigenvalue weighted by Gasteiger charge is 2.26. The molecule has 0 saturated heterocycles. The summed E-state index contributed by atoms with van der Waals surface area (Å²) in [6.45, 7) is 0.390. The predicted octanol–water partition coefficient (Wildman–Crippen LogP) is 4.84. The lowest BCUT2D eigenvalue weighted by Crippen LogP contribution is -2.38. The zero-order valence-electron chi connectivity index (χ0n) is 16.3. The number of halogens is 1. The SMILES string of the molecule is O=C(CCc1ccccc1)Nc1ccc2c(c1)N(Cc1ccc(Cl)cc1)C(=O)CO2. The van der Waals surface area contributed by atoms with Crippen LogP contribution in [0.1, 0.15) is 17.5 Å². The van der Waals surface area contributed by atoms with Gasteiger partial charge in [-0.25, -0.2) is 0 Å². The number of carbonyl (C=O) groups excluding carboxylic acids is 2. The van der Waals surface area contributed by atoms with Crippen molar-refractivity contribution < 1.29 is 14.3 Å². The maximum atomic E-state index is 12.5. The Morgan fingerprint density at radius 1 is 1.00 bits per heavy atom. The minimum Gasteiger partial charge on any atom is -0.482 e. The van der Waals surface area contributed by atoms with E-state index in [0.717, 1.165) is 11.1 Å². The summed E-state index contributed by atoms with van der Waals surface area (Å²) >= 11 is 5.96. The summed E-state index contributed by atoms with van der Waals surface area (Å²) in [6, 6.07) is 22.6. The molecule has 4 rings (SSSR count). The molecule has 1 aliphatic rings. The molecule has 2 amide bonds. The standard InChI is InChI=1S/C24H21ClN2O3/c25-19-9-6-18(7-10-19)15-27-21-14-20(11-12-22(21)30-16-24(27)29)26-23(28)13-8-17-4-2-1-3-5-17/h1-7,9-12,14H,8,13,15-16H2,(H,26,28). The molecule has 3 aromatic rings. The Morgan fingerprint density at radius 2 is 1.77 bits per heavy atom. The molecule has 0 unspecified atom stereocenters. The van der Waals surface area contributed by atoms with Gasteiger partial charge in [-0.1, -0.05) is 54.1 Å². The zero-order chi connectivity index (χ0) is 20.9. The minimum atomic E-state index is -0.134. The largest absolute Gasteiger partial charge is 0.482 e. The number of nitrogens with zero attached hydrogens (tertiary/aromatic N) is 1. The number of aryl methyl sites for hydroxylation is 1. The molecule has 1 N–H and O–H groups in total. The van der Waals surface area contributed by atoms with Crippen LogP contribution in [0.4, 0.5) is 11.4 Å². The van der Waals surface area contributed by atoms with Crippen LogP contribution in [0.15, 0.2) is 72.8 Å². The van der Waals surface area contributed by atoms with E-state index in [1.807, 2.05) is 42.5 Å². The van der Waals surface area contributed by atoms with Gasteiger partial charge in [0.2, 0.25) is 5.91 Å². The molecular weight excluding hydrogens is 400 g/mol. The van der Waals surface area contributed by atoms with E-state index in [4.69, 9.17) is 16.3 Å². The molecule has 3 aromatic carbocycles. The lowest BCUT2D eigenvalue weighted by Gasteiger charge is -2.30. The fourth-order valence-electron chi connectivity index (χ4n) is 3.35. The van der Waals surface area contributed by atoms with Gasteiger partial charge in [-0.05, 0) is 47.9 Å². The minimum absolute atomic E-state index is 0.0105. The van der Waals surface area contributed by atoms with Crippen molar-refractivity contribution in [2.24, 2.45) is 0 Å². The lowest BCUT2D eigenvalue weighted by molar-refractivity contribution is -0.121. The van der Waals surface area contributed by atoms with E-state index in [0.29, 0.717) is 41.5 Å². The Bertz CT molecular complexity index is 1050. The molecule has 0 saturated carbocycles. The van der Waals surface area contributed by atoms with Gasteiger partial charge in [0.15, 0.2) is 6.61 Å². The van der Waals surface area contributed by atoms with Crippen LogP contribution in [0, 0.1) is 0 Å². The number of nitrogens with one attached hydrogen (secondary N) is 1. The molecule has 0 radical (unpaired) electrons. The van der Waals surface area contributed by atoms with Gasteiger partial charge < -0.3 is 15.0 Å². The third kappa shape index (κ3) is 4.81. The predicted molar refractivity (Wildman–Crippen MR) is 118 cm³/mol. The van der Waals surface area contributed by atoms with E-state index in [1.54, 1.807) is 35.2 Å². The first-order valence-corrected chi connectivity index (χ1v) is 10.1. The van der Waals surface area contributed by atoms with Crippen molar-refractivity contribution in [2.45, 2.75) is 19.4 Å². The van der Waals surface area contributed by atoms with Crippen molar-refractivity contribution in [3.63, 3.8) is 0 Å². The second kappa shape index (κ2) is 9.01. The number of ether oxygens (including phenoxy) is 1. The molecule has 0 aliphatic carbocycles. The van der Waals surface area contributed by atoms with Crippen LogP contribution >= 0.6 is 11.6 Å². The molecule has 1 heterocycles. The lowest BCUT2D eigenvalue weighted by atomic mass is 10.1. The van der Waals surface area contributed by atoms with E-state index in [1.165, 1.54) is 0 Å². The topological polar surface area (TPSA) is 58.6 Å². The van der Waals surface area contributed by atoms with Crippen molar-refractivity contribution in [2.75, 3.05) is 16.8 Å². The molecule has 30 heavy (non-hydrogen) atoms. The number of benzene rings is 3. The van der Waals surface area contributed by atoms with Crippen molar-refractivity contribution in [3.8, 4) is 5.75 Å². The van der Waals surface area contributed by atoms with Gasteiger partial charge >= 0.3 is 0 Å². The fraction of sp³-hybridized carbons (Fsp3) is 0.167. The van der Waals surface area contributed by atoms with E-state index < -0.39 is 0 Å². The van der Waals surface area contributed by atoms with Gasteiger partial charge in [-0.15, -0.1) is 0 Å². The van der Waals surface area contributed by atoms with Crippen LogP contribution < -0.4 is 15.0 Å². The maximum Gasteiger partial charge on any atom is 0.265 e. The van der Waals surface area contributed by atoms with Crippen LogP contribution in [0.2, 0.25) is 5.02 Å². The summed E-state index contributed by atoms with van der Waals surface area (Å²) in [6.07, 6.45) is 1.05. The van der Waals surface area contributed by atoms with Crippen molar-refractivity contribution >= 4 is 34.8 Å². The fourth-order valence-corrected chi connectivity index (χ4v) is 3.48. The summed E-state index contributed by atoms with van der Waals surface area (Å²) in [5.41, 5.74) is 3.34. The van der Waals surface area contributed by atoms with Crippen LogP contribution in [-0.2, 0) is 22.6 Å². The smallest absolute Gasteiger partial charge is 0.265 e. The highest BCUT2D eigenvalue weighted by atomic mass is 35.5. The normalized spacial score (nSPS) is 12.8. The number of anilines is 2. The van der Waals surface area contributed by atoms with Crippen molar-refractivity contribution in [3.05, 3.63) is 88.9 Å². The molecule has 1 aliphatic heterocycles. The second-order valence-electron chi connectivity index (χ2n) is 7.11. The monoisotopic (exact) mass is 420 g/mol. The van der Waals surface area contributed by atoms with E-state index in [9.17, 15) is 9.59 Å². The molecular formula is C24H21ClN2O3. The highest BCUT2D eigenvalue weighted by Crippen LogP contribution is 2.35. The summed E-state index contributed by atoms with van der Waals surface area (Å²) < 4.78 is 5.56. The Hall–Kier alpha value is -3.31. The van der Waals surface area contributed by atoms with Gasteiger partial charge in [-0.3, -0.25) is 9.59 Å². The third-order valence-electron chi connectivity index (χ3n) is 4.92. The second-order valence-corrected chi connectivity index (χ2v) is 7.55.